The van der Waals surface area contributed by atoms with Crippen molar-refractivity contribution in [2.24, 2.45) is 0 Å². The lowest BCUT2D eigenvalue weighted by molar-refractivity contribution is -0.00000642. The molecule has 0 heterocycles. The fraction of sp³-hybridized carbons (Fsp3) is 0.727. The third-order valence-corrected chi connectivity index (χ3v) is 6.95. The molecular weight excluding hydrogens is 392 g/mol. The van der Waals surface area contributed by atoms with E-state index >= 15 is 0 Å². The van der Waals surface area contributed by atoms with Gasteiger partial charge in [0.1, 0.15) is 17.8 Å². The number of phenolic OH excluding ortho intramolecular Hbond substituents is 1. The minimum atomic E-state index is 0. The number of rotatable bonds is 14. The smallest absolute Gasteiger partial charge is 0.157 e. The van der Waals surface area contributed by atoms with E-state index in [0.29, 0.717) is 16.6 Å². The first-order valence-corrected chi connectivity index (χ1v) is 11.9. The minimum Gasteiger partial charge on any atom is -1.00 e. The van der Waals surface area contributed by atoms with Gasteiger partial charge in [-0.1, -0.05) is 71.1 Å². The summed E-state index contributed by atoms with van der Waals surface area (Å²) < 4.78 is 0. The summed E-state index contributed by atoms with van der Waals surface area (Å²) in [6.45, 7) is 4.40. The third-order valence-electron chi connectivity index (χ3n) is 4.84. The average molecular weight is 432 g/mol. The topological polar surface area (TPSA) is 20.2 Å². The Hall–Kier alpha value is -0.150. The van der Waals surface area contributed by atoms with Gasteiger partial charge in [-0.2, -0.15) is 0 Å². The molecule has 146 valence electrons. The molecule has 1 rings (SSSR count). The van der Waals surface area contributed by atoms with Gasteiger partial charge in [0.25, 0.3) is 0 Å². The second-order valence-corrected chi connectivity index (χ2v) is 9.30. The largest absolute Gasteiger partial charge is 1.00 e. The van der Waals surface area contributed by atoms with E-state index in [2.05, 4.69) is 26.2 Å². The lowest BCUT2D eigenvalue weighted by Gasteiger charge is -2.07. The van der Waals surface area contributed by atoms with Crippen LogP contribution in [0.4, 0.5) is 0 Å². The maximum atomic E-state index is 9.51. The van der Waals surface area contributed by atoms with Gasteiger partial charge in [0.05, 0.1) is 0 Å². The van der Waals surface area contributed by atoms with Crippen molar-refractivity contribution in [3.05, 3.63) is 23.8 Å². The lowest BCUT2D eigenvalue weighted by atomic mass is 10.1. The molecule has 3 heteroatoms. The number of halogens is 1. The van der Waals surface area contributed by atoms with E-state index in [9.17, 15) is 5.11 Å². The highest BCUT2D eigenvalue weighted by Gasteiger charge is 2.17. The predicted molar refractivity (Wildman–Crippen MR) is 110 cm³/mol. The van der Waals surface area contributed by atoms with E-state index in [4.69, 9.17) is 0 Å². The van der Waals surface area contributed by atoms with Crippen LogP contribution < -0.4 is 17.0 Å². The zero-order chi connectivity index (χ0) is 17.6. The van der Waals surface area contributed by atoms with Crippen molar-refractivity contribution < 1.29 is 22.1 Å². The summed E-state index contributed by atoms with van der Waals surface area (Å²) in [5, 5.41) is 9.51. The molecule has 0 fully saturated rings. The fourth-order valence-electron chi connectivity index (χ4n) is 3.29. The highest BCUT2D eigenvalue weighted by atomic mass is 79.9. The Labute approximate surface area is 170 Å². The van der Waals surface area contributed by atoms with E-state index in [-0.39, 0.29) is 17.0 Å². The molecule has 0 saturated carbocycles. The Balaban J connectivity index is 0.00000576. The summed E-state index contributed by atoms with van der Waals surface area (Å²) in [4.78, 5) is 1.43. The Kier molecular flexibility index (Phi) is 16.0. The van der Waals surface area contributed by atoms with Gasteiger partial charge in [0, 0.05) is 16.5 Å². The van der Waals surface area contributed by atoms with Crippen molar-refractivity contribution >= 4 is 10.9 Å². The van der Waals surface area contributed by atoms with Crippen molar-refractivity contribution in [3.8, 4) is 5.75 Å². The average Bonchev–Trinajstić information content (AvgIpc) is 2.55. The van der Waals surface area contributed by atoms with Crippen molar-refractivity contribution in [2.45, 2.75) is 95.8 Å². The minimum absolute atomic E-state index is 0. The van der Waals surface area contributed by atoms with E-state index in [1.54, 1.807) is 0 Å². The Bertz CT molecular complexity index is 436. The molecular formula is C22H39BrOS. The molecule has 0 aromatic heterocycles. The predicted octanol–water partition coefficient (Wildman–Crippen LogP) is 4.01. The molecule has 1 N–H and O–H groups in total. The molecule has 0 aliphatic rings. The maximum absolute atomic E-state index is 9.51. The first kappa shape index (κ1) is 24.8. The van der Waals surface area contributed by atoms with Crippen LogP contribution in [0.15, 0.2) is 23.1 Å². The lowest BCUT2D eigenvalue weighted by Crippen LogP contribution is -3.00. The zero-order valence-corrected chi connectivity index (χ0v) is 19.1. The number of phenols is 1. The van der Waals surface area contributed by atoms with Crippen LogP contribution in [0.25, 0.3) is 0 Å². The second-order valence-electron chi connectivity index (χ2n) is 7.18. The van der Waals surface area contributed by atoms with Crippen LogP contribution in [0.2, 0.25) is 0 Å². The summed E-state index contributed by atoms with van der Waals surface area (Å²) in [5.41, 5.74) is 1.24. The SMILES string of the molecule is CCCCCCCCCCCCCC[S+](C)c1ccc(O)cc1C.[Br-]. The van der Waals surface area contributed by atoms with Crippen LogP contribution in [0.3, 0.4) is 0 Å². The molecule has 0 bridgehead atoms. The number of unbranched alkanes of at least 4 members (excludes halogenated alkanes) is 11. The Morgan fingerprint density at radius 1 is 0.800 bits per heavy atom. The molecule has 1 aromatic carbocycles. The van der Waals surface area contributed by atoms with Crippen LogP contribution in [-0.4, -0.2) is 17.1 Å². The van der Waals surface area contributed by atoms with Gasteiger partial charge >= 0.3 is 0 Å². The molecule has 0 radical (unpaired) electrons. The molecule has 1 aromatic rings. The van der Waals surface area contributed by atoms with Gasteiger partial charge in [-0.05, 0) is 38.0 Å². The number of hydrogen-bond acceptors (Lipinski definition) is 1. The standard InChI is InChI=1S/C22H38OS.BrH/c1-4-5-6-7-8-9-10-11-12-13-14-15-18-24(3)22-17-16-21(23)19-20(22)2;/h16-17,19H,4-15,18H2,1-3H3;1H. The summed E-state index contributed by atoms with van der Waals surface area (Å²) in [5.74, 6) is 1.68. The van der Waals surface area contributed by atoms with Crippen molar-refractivity contribution in [3.63, 3.8) is 0 Å². The van der Waals surface area contributed by atoms with Crippen LogP contribution in [0.1, 0.15) is 89.5 Å². The van der Waals surface area contributed by atoms with Crippen LogP contribution >= 0.6 is 0 Å². The number of hydrogen-bond donors (Lipinski definition) is 1. The van der Waals surface area contributed by atoms with Crippen LogP contribution in [0.5, 0.6) is 5.75 Å². The zero-order valence-electron chi connectivity index (χ0n) is 16.7. The number of benzene rings is 1. The van der Waals surface area contributed by atoms with E-state index in [1.165, 1.54) is 93.3 Å². The summed E-state index contributed by atoms with van der Waals surface area (Å²) in [6.07, 6.45) is 19.3. The molecule has 0 aliphatic heterocycles. The van der Waals surface area contributed by atoms with Crippen molar-refractivity contribution in [1.29, 1.82) is 0 Å². The van der Waals surface area contributed by atoms with Gasteiger partial charge in [-0.25, -0.2) is 0 Å². The van der Waals surface area contributed by atoms with Crippen LogP contribution in [-0.2, 0) is 10.9 Å². The van der Waals surface area contributed by atoms with Gasteiger partial charge in [0.15, 0.2) is 4.90 Å². The summed E-state index contributed by atoms with van der Waals surface area (Å²) in [6, 6.07) is 5.82. The molecule has 0 spiro atoms. The van der Waals surface area contributed by atoms with Gasteiger partial charge < -0.3 is 22.1 Å². The van der Waals surface area contributed by atoms with Crippen molar-refractivity contribution in [2.75, 3.05) is 12.0 Å². The summed E-state index contributed by atoms with van der Waals surface area (Å²) >= 11 is 0. The maximum Gasteiger partial charge on any atom is 0.157 e. The van der Waals surface area contributed by atoms with Gasteiger partial charge in [0.2, 0.25) is 0 Å². The molecule has 0 amide bonds. The molecule has 0 saturated heterocycles. The van der Waals surface area contributed by atoms with Crippen molar-refractivity contribution in [1.82, 2.24) is 0 Å². The molecule has 0 aliphatic carbocycles. The Morgan fingerprint density at radius 2 is 1.28 bits per heavy atom. The van der Waals surface area contributed by atoms with E-state index < -0.39 is 0 Å². The summed E-state index contributed by atoms with van der Waals surface area (Å²) in [7, 11) is 0.321. The number of aromatic hydroxyl groups is 1. The fourth-order valence-corrected chi connectivity index (χ4v) is 5.06. The number of aryl methyl sites for hydroxylation is 1. The quantitative estimate of drug-likeness (QED) is 0.349. The molecule has 1 nitrogen and oxygen atoms in total. The normalized spacial score (nSPS) is 12.0. The van der Waals surface area contributed by atoms with E-state index in [1.807, 2.05) is 12.1 Å². The highest BCUT2D eigenvalue weighted by Crippen LogP contribution is 2.22. The van der Waals surface area contributed by atoms with Gasteiger partial charge in [-0.3, -0.25) is 0 Å². The molecule has 1 unspecified atom stereocenters. The Morgan fingerprint density at radius 3 is 1.76 bits per heavy atom. The monoisotopic (exact) mass is 430 g/mol. The molecule has 25 heavy (non-hydrogen) atoms. The van der Waals surface area contributed by atoms with E-state index in [0.717, 1.165) is 0 Å². The first-order valence-electron chi connectivity index (χ1n) is 10.1. The second kappa shape index (κ2) is 16.1. The highest BCUT2D eigenvalue weighted by molar-refractivity contribution is 7.96. The third kappa shape index (κ3) is 12.0. The van der Waals surface area contributed by atoms with Crippen LogP contribution in [0, 0.1) is 6.92 Å². The first-order chi connectivity index (χ1) is 11.6. The molecule has 1 atom stereocenters. The van der Waals surface area contributed by atoms with Gasteiger partial charge in [-0.15, -0.1) is 0 Å².